The van der Waals surface area contributed by atoms with Crippen molar-refractivity contribution < 1.29 is 9.53 Å². The Bertz CT molecular complexity index is 279. The quantitative estimate of drug-likeness (QED) is 0.745. The van der Waals surface area contributed by atoms with Crippen molar-refractivity contribution in [1.82, 2.24) is 5.32 Å². The molecule has 0 aromatic carbocycles. The van der Waals surface area contributed by atoms with E-state index in [1.165, 1.54) is 6.42 Å². The van der Waals surface area contributed by atoms with Crippen molar-refractivity contribution in [3.63, 3.8) is 0 Å². The van der Waals surface area contributed by atoms with Crippen LogP contribution in [0.5, 0.6) is 0 Å². The second kappa shape index (κ2) is 7.85. The largest absolute Gasteiger partial charge is 0.364 e. The summed E-state index contributed by atoms with van der Waals surface area (Å²) in [5.74, 6) is 0.624. The molecule has 4 heteroatoms. The van der Waals surface area contributed by atoms with Crippen molar-refractivity contribution in [2.45, 2.75) is 70.9 Å². The molecule has 0 radical (unpaired) electrons. The third-order valence-corrected chi connectivity index (χ3v) is 4.28. The number of hydrogen-bond donors (Lipinski definition) is 2. The zero-order valence-electron chi connectivity index (χ0n) is 12.7. The van der Waals surface area contributed by atoms with Crippen LogP contribution in [0.15, 0.2) is 0 Å². The summed E-state index contributed by atoms with van der Waals surface area (Å²) in [6, 6.07) is 0.259. The van der Waals surface area contributed by atoms with Crippen molar-refractivity contribution in [2.75, 3.05) is 13.2 Å². The van der Waals surface area contributed by atoms with Gasteiger partial charge in [-0.25, -0.2) is 0 Å². The van der Waals surface area contributed by atoms with Gasteiger partial charge in [0.2, 0.25) is 5.91 Å². The summed E-state index contributed by atoms with van der Waals surface area (Å²) in [7, 11) is 0. The summed E-state index contributed by atoms with van der Waals surface area (Å²) in [5.41, 5.74) is 5.61. The van der Waals surface area contributed by atoms with E-state index in [1.54, 1.807) is 0 Å². The van der Waals surface area contributed by atoms with Gasteiger partial charge in [0.1, 0.15) is 6.61 Å². The molecule has 1 rings (SSSR count). The lowest BCUT2D eigenvalue weighted by molar-refractivity contribution is -0.137. The first-order chi connectivity index (χ1) is 9.05. The van der Waals surface area contributed by atoms with Crippen LogP contribution in [-0.4, -0.2) is 30.7 Å². The molecule has 0 spiro atoms. The van der Waals surface area contributed by atoms with Crippen LogP contribution < -0.4 is 11.1 Å². The van der Waals surface area contributed by atoms with Crippen molar-refractivity contribution >= 4 is 5.91 Å². The van der Waals surface area contributed by atoms with Gasteiger partial charge in [-0.3, -0.25) is 4.79 Å². The number of carbonyl (C=O) groups is 1. The SMILES string of the molecule is CCC(CC)NC(=O)COC1(CN)CCCC(C)C1. The third kappa shape index (κ3) is 5.11. The molecular weight excluding hydrogens is 240 g/mol. The first-order valence-electron chi connectivity index (χ1n) is 7.68. The van der Waals surface area contributed by atoms with E-state index >= 15 is 0 Å². The number of carbonyl (C=O) groups excluding carboxylic acids is 1. The molecule has 4 nitrogen and oxygen atoms in total. The minimum absolute atomic E-state index is 0.0141. The predicted molar refractivity (Wildman–Crippen MR) is 77.9 cm³/mol. The van der Waals surface area contributed by atoms with Crippen LogP contribution in [0.4, 0.5) is 0 Å². The van der Waals surface area contributed by atoms with Gasteiger partial charge < -0.3 is 15.8 Å². The molecule has 1 aliphatic rings. The summed E-state index contributed by atoms with van der Waals surface area (Å²) in [5, 5.41) is 3.00. The highest BCUT2D eigenvalue weighted by Gasteiger charge is 2.35. The maximum absolute atomic E-state index is 11.9. The zero-order valence-corrected chi connectivity index (χ0v) is 12.7. The van der Waals surface area contributed by atoms with E-state index in [-0.39, 0.29) is 24.2 Å². The molecule has 2 unspecified atom stereocenters. The first-order valence-corrected chi connectivity index (χ1v) is 7.68. The van der Waals surface area contributed by atoms with E-state index in [0.717, 1.165) is 32.1 Å². The van der Waals surface area contributed by atoms with Crippen LogP contribution >= 0.6 is 0 Å². The molecular formula is C15H30N2O2. The summed E-state index contributed by atoms with van der Waals surface area (Å²) >= 11 is 0. The lowest BCUT2D eigenvalue weighted by Crippen LogP contribution is -2.47. The molecule has 0 aliphatic heterocycles. The summed E-state index contributed by atoms with van der Waals surface area (Å²) in [6.45, 7) is 7.05. The number of ether oxygens (including phenoxy) is 1. The Hall–Kier alpha value is -0.610. The monoisotopic (exact) mass is 270 g/mol. The van der Waals surface area contributed by atoms with E-state index < -0.39 is 0 Å². The van der Waals surface area contributed by atoms with Crippen molar-refractivity contribution in [3.8, 4) is 0 Å². The van der Waals surface area contributed by atoms with Crippen molar-refractivity contribution in [1.29, 1.82) is 0 Å². The van der Waals surface area contributed by atoms with E-state index in [2.05, 4.69) is 26.1 Å². The van der Waals surface area contributed by atoms with Gasteiger partial charge in [0, 0.05) is 12.6 Å². The highest BCUT2D eigenvalue weighted by molar-refractivity contribution is 5.77. The minimum Gasteiger partial charge on any atom is -0.364 e. The molecule has 0 aromatic heterocycles. The standard InChI is InChI=1S/C15H30N2O2/c1-4-13(5-2)17-14(18)10-19-15(11-16)8-6-7-12(3)9-15/h12-13H,4-11,16H2,1-3H3,(H,17,18). The minimum atomic E-state index is -0.275. The van der Waals surface area contributed by atoms with E-state index in [1.807, 2.05) is 0 Å². The molecule has 0 saturated heterocycles. The van der Waals surface area contributed by atoms with Gasteiger partial charge in [0.05, 0.1) is 5.60 Å². The molecule has 1 saturated carbocycles. The fraction of sp³-hybridized carbons (Fsp3) is 0.933. The molecule has 19 heavy (non-hydrogen) atoms. The van der Waals surface area contributed by atoms with Crippen LogP contribution in [0.25, 0.3) is 0 Å². The summed E-state index contributed by atoms with van der Waals surface area (Å²) in [6.07, 6.45) is 6.26. The van der Waals surface area contributed by atoms with Gasteiger partial charge >= 0.3 is 0 Å². The molecule has 1 fully saturated rings. The maximum Gasteiger partial charge on any atom is 0.246 e. The van der Waals surface area contributed by atoms with Crippen LogP contribution in [0.3, 0.4) is 0 Å². The molecule has 0 aromatic rings. The Morgan fingerprint density at radius 1 is 1.47 bits per heavy atom. The van der Waals surface area contributed by atoms with Crippen LogP contribution in [0.1, 0.15) is 59.3 Å². The van der Waals surface area contributed by atoms with E-state index in [9.17, 15) is 4.79 Å². The van der Waals surface area contributed by atoms with Gasteiger partial charge in [0.15, 0.2) is 0 Å². The van der Waals surface area contributed by atoms with Gasteiger partial charge in [-0.15, -0.1) is 0 Å². The predicted octanol–water partition coefficient (Wildman–Crippen LogP) is 2.22. The number of nitrogens with two attached hydrogens (primary N) is 1. The lowest BCUT2D eigenvalue weighted by atomic mass is 9.79. The molecule has 1 aliphatic carbocycles. The van der Waals surface area contributed by atoms with Crippen LogP contribution in [0, 0.1) is 5.92 Å². The molecule has 0 heterocycles. The van der Waals surface area contributed by atoms with Gasteiger partial charge in [-0.2, -0.15) is 0 Å². The Morgan fingerprint density at radius 3 is 2.68 bits per heavy atom. The molecule has 112 valence electrons. The number of rotatable bonds is 7. The Balaban J connectivity index is 2.42. The smallest absolute Gasteiger partial charge is 0.246 e. The van der Waals surface area contributed by atoms with Crippen LogP contribution in [-0.2, 0) is 9.53 Å². The average Bonchev–Trinajstić information content (AvgIpc) is 2.42. The highest BCUT2D eigenvalue weighted by atomic mass is 16.5. The third-order valence-electron chi connectivity index (χ3n) is 4.28. The molecule has 1 amide bonds. The fourth-order valence-corrected chi connectivity index (χ4v) is 2.97. The maximum atomic E-state index is 11.9. The summed E-state index contributed by atoms with van der Waals surface area (Å²) in [4.78, 5) is 11.9. The Kier molecular flexibility index (Phi) is 6.80. The van der Waals surface area contributed by atoms with Crippen molar-refractivity contribution in [3.05, 3.63) is 0 Å². The number of nitrogens with one attached hydrogen (secondary N) is 1. The molecule has 3 N–H and O–H groups in total. The summed E-state index contributed by atoms with van der Waals surface area (Å²) < 4.78 is 5.90. The topological polar surface area (TPSA) is 64.3 Å². The van der Waals surface area contributed by atoms with Gasteiger partial charge in [-0.1, -0.05) is 33.6 Å². The van der Waals surface area contributed by atoms with Gasteiger partial charge in [-0.05, 0) is 31.6 Å². The average molecular weight is 270 g/mol. The fourth-order valence-electron chi connectivity index (χ4n) is 2.97. The zero-order chi connectivity index (χ0) is 14.3. The molecule has 0 bridgehead atoms. The normalized spacial score (nSPS) is 27.5. The van der Waals surface area contributed by atoms with Gasteiger partial charge in [0.25, 0.3) is 0 Å². The number of amides is 1. The Morgan fingerprint density at radius 2 is 2.16 bits per heavy atom. The molecule has 2 atom stereocenters. The first kappa shape index (κ1) is 16.4. The second-order valence-corrected chi connectivity index (χ2v) is 5.96. The van der Waals surface area contributed by atoms with E-state index in [4.69, 9.17) is 10.5 Å². The lowest BCUT2D eigenvalue weighted by Gasteiger charge is -2.39. The van der Waals surface area contributed by atoms with Crippen LogP contribution in [0.2, 0.25) is 0 Å². The Labute approximate surface area is 117 Å². The number of hydrogen-bond acceptors (Lipinski definition) is 3. The van der Waals surface area contributed by atoms with Crippen molar-refractivity contribution in [2.24, 2.45) is 11.7 Å². The van der Waals surface area contributed by atoms with E-state index in [0.29, 0.717) is 12.5 Å². The second-order valence-electron chi connectivity index (χ2n) is 5.96. The highest BCUT2D eigenvalue weighted by Crippen LogP contribution is 2.34.